The SMILES string of the molecule is CN1C(=CC(=O)COC(=O)c2ccc(N3CCCCCC3)c([N+](=O)[O-])c2)C(C)(C)c2ccccc21. The fourth-order valence-corrected chi connectivity index (χ4v) is 5.05. The van der Waals surface area contributed by atoms with Crippen molar-refractivity contribution in [3.8, 4) is 0 Å². The predicted molar refractivity (Wildman–Crippen MR) is 135 cm³/mol. The summed E-state index contributed by atoms with van der Waals surface area (Å²) in [5.74, 6) is -1.11. The first kappa shape index (κ1) is 24.4. The molecule has 2 aromatic carbocycles. The Morgan fingerprint density at radius 2 is 1.74 bits per heavy atom. The number of nitrogens with zero attached hydrogens (tertiary/aromatic N) is 3. The molecular weight excluding hydrogens is 446 g/mol. The third-order valence-electron chi connectivity index (χ3n) is 6.94. The molecule has 2 aliphatic rings. The van der Waals surface area contributed by atoms with Gasteiger partial charge in [-0.1, -0.05) is 44.9 Å². The number of likely N-dealkylation sites (N-methyl/N-ethyl adjacent to an activating group) is 1. The molecule has 0 spiro atoms. The van der Waals surface area contributed by atoms with Gasteiger partial charge in [-0.2, -0.15) is 0 Å². The van der Waals surface area contributed by atoms with E-state index >= 15 is 0 Å². The summed E-state index contributed by atoms with van der Waals surface area (Å²) in [4.78, 5) is 40.6. The molecule has 0 unspecified atom stereocenters. The number of nitro groups is 1. The maximum Gasteiger partial charge on any atom is 0.338 e. The molecule has 2 heterocycles. The Labute approximate surface area is 205 Å². The van der Waals surface area contributed by atoms with Crippen LogP contribution < -0.4 is 9.80 Å². The van der Waals surface area contributed by atoms with E-state index in [0.717, 1.165) is 55.7 Å². The van der Waals surface area contributed by atoms with Crippen LogP contribution in [0.5, 0.6) is 0 Å². The molecule has 184 valence electrons. The van der Waals surface area contributed by atoms with Crippen molar-refractivity contribution in [3.05, 3.63) is 75.5 Å². The fourth-order valence-electron chi connectivity index (χ4n) is 5.05. The van der Waals surface area contributed by atoms with Crippen LogP contribution in [0, 0.1) is 10.1 Å². The van der Waals surface area contributed by atoms with Crippen molar-refractivity contribution in [2.45, 2.75) is 44.9 Å². The van der Waals surface area contributed by atoms with Crippen LogP contribution in [0.3, 0.4) is 0 Å². The number of hydrogen-bond acceptors (Lipinski definition) is 7. The smallest absolute Gasteiger partial charge is 0.338 e. The van der Waals surface area contributed by atoms with Crippen LogP contribution in [0.1, 0.15) is 55.5 Å². The molecule has 35 heavy (non-hydrogen) atoms. The number of benzene rings is 2. The van der Waals surface area contributed by atoms with E-state index in [9.17, 15) is 19.7 Å². The highest BCUT2D eigenvalue weighted by Crippen LogP contribution is 2.46. The number of ketones is 1. The number of anilines is 2. The molecule has 0 aromatic heterocycles. The molecule has 1 fully saturated rings. The second kappa shape index (κ2) is 9.90. The van der Waals surface area contributed by atoms with E-state index in [-0.39, 0.29) is 22.4 Å². The molecule has 1 saturated heterocycles. The Kier molecular flexibility index (Phi) is 6.91. The molecule has 2 aromatic rings. The maximum atomic E-state index is 12.7. The highest BCUT2D eigenvalue weighted by Gasteiger charge is 2.38. The maximum absolute atomic E-state index is 12.7. The van der Waals surface area contributed by atoms with Crippen molar-refractivity contribution in [1.82, 2.24) is 0 Å². The molecule has 8 heteroatoms. The summed E-state index contributed by atoms with van der Waals surface area (Å²) < 4.78 is 5.23. The van der Waals surface area contributed by atoms with Crippen LogP contribution in [0.25, 0.3) is 0 Å². The van der Waals surface area contributed by atoms with Gasteiger partial charge < -0.3 is 14.5 Å². The quantitative estimate of drug-likeness (QED) is 0.250. The number of carbonyl (C=O) groups excluding carboxylic acids is 2. The summed E-state index contributed by atoms with van der Waals surface area (Å²) in [6.07, 6.45) is 5.69. The van der Waals surface area contributed by atoms with Gasteiger partial charge in [-0.15, -0.1) is 0 Å². The normalized spacial score (nSPS) is 18.2. The zero-order valence-corrected chi connectivity index (χ0v) is 20.5. The average Bonchev–Trinajstić information content (AvgIpc) is 3.05. The monoisotopic (exact) mass is 477 g/mol. The Morgan fingerprint density at radius 1 is 1.06 bits per heavy atom. The summed E-state index contributed by atoms with van der Waals surface area (Å²) >= 11 is 0. The van der Waals surface area contributed by atoms with Gasteiger partial charge in [0.05, 0.1) is 10.5 Å². The Balaban J connectivity index is 1.46. The minimum absolute atomic E-state index is 0.0569. The fraction of sp³-hybridized carbons (Fsp3) is 0.407. The van der Waals surface area contributed by atoms with Crippen LogP contribution in [0.15, 0.2) is 54.2 Å². The first-order valence-corrected chi connectivity index (χ1v) is 12.0. The second-order valence-corrected chi connectivity index (χ2v) is 9.64. The Hall–Kier alpha value is -3.68. The highest BCUT2D eigenvalue weighted by atomic mass is 16.6. The minimum atomic E-state index is -0.760. The molecule has 0 atom stereocenters. The molecule has 0 N–H and O–H groups in total. The number of fused-ring (bicyclic) bond motifs is 1. The van der Waals surface area contributed by atoms with Crippen LogP contribution in [-0.4, -0.2) is 43.4 Å². The van der Waals surface area contributed by atoms with E-state index < -0.39 is 17.5 Å². The van der Waals surface area contributed by atoms with Crippen molar-refractivity contribution in [1.29, 1.82) is 0 Å². The van der Waals surface area contributed by atoms with Gasteiger partial charge in [-0.25, -0.2) is 4.79 Å². The van der Waals surface area contributed by atoms with Gasteiger partial charge in [-0.05, 0) is 36.6 Å². The number of carbonyl (C=O) groups is 2. The summed E-state index contributed by atoms with van der Waals surface area (Å²) in [5.41, 5.74) is 3.05. The lowest BCUT2D eigenvalue weighted by Crippen LogP contribution is -2.25. The molecule has 0 saturated carbocycles. The number of allylic oxidation sites excluding steroid dienone is 1. The largest absolute Gasteiger partial charge is 0.454 e. The van der Waals surface area contributed by atoms with Crippen LogP contribution in [-0.2, 0) is 14.9 Å². The molecule has 0 radical (unpaired) electrons. The third-order valence-corrected chi connectivity index (χ3v) is 6.94. The first-order chi connectivity index (χ1) is 16.7. The summed E-state index contributed by atoms with van der Waals surface area (Å²) in [5, 5.41) is 11.7. The predicted octanol–water partition coefficient (Wildman–Crippen LogP) is 5.01. The van der Waals surface area contributed by atoms with Gasteiger partial charge in [0.25, 0.3) is 5.69 Å². The van der Waals surface area contributed by atoms with Crippen LogP contribution in [0.4, 0.5) is 17.1 Å². The zero-order chi connectivity index (χ0) is 25.2. The highest BCUT2D eigenvalue weighted by molar-refractivity contribution is 5.97. The topological polar surface area (TPSA) is 93.0 Å². The Bertz CT molecular complexity index is 1180. The number of ether oxygens (including phenoxy) is 1. The molecule has 0 aliphatic carbocycles. The Morgan fingerprint density at radius 3 is 2.40 bits per heavy atom. The van der Waals surface area contributed by atoms with Crippen molar-refractivity contribution in [2.75, 3.05) is 36.5 Å². The molecule has 0 bridgehead atoms. The van der Waals surface area contributed by atoms with E-state index in [2.05, 4.69) is 0 Å². The van der Waals surface area contributed by atoms with Crippen molar-refractivity contribution >= 4 is 28.8 Å². The van der Waals surface area contributed by atoms with Gasteiger partial charge in [0.1, 0.15) is 5.69 Å². The van der Waals surface area contributed by atoms with E-state index in [1.165, 1.54) is 18.2 Å². The third kappa shape index (κ3) is 4.92. The standard InChI is InChI=1S/C27H31N3O5/c1-27(2)21-10-6-7-11-22(21)28(3)25(27)17-20(31)18-35-26(32)19-12-13-23(24(16-19)30(33)34)29-14-8-4-5-9-15-29/h6-7,10-13,16-17H,4-5,8-9,14-15,18H2,1-3H3. The number of esters is 1. The van der Waals surface area contributed by atoms with Crippen molar-refractivity contribution in [3.63, 3.8) is 0 Å². The minimum Gasteiger partial charge on any atom is -0.454 e. The van der Waals surface area contributed by atoms with Gasteiger partial charge in [-0.3, -0.25) is 14.9 Å². The van der Waals surface area contributed by atoms with E-state index in [1.54, 1.807) is 6.07 Å². The first-order valence-electron chi connectivity index (χ1n) is 12.0. The summed E-state index contributed by atoms with van der Waals surface area (Å²) in [6.45, 7) is 5.16. The van der Waals surface area contributed by atoms with E-state index in [1.807, 2.05) is 55.0 Å². The average molecular weight is 478 g/mol. The van der Waals surface area contributed by atoms with Crippen molar-refractivity contribution in [2.24, 2.45) is 0 Å². The lowest BCUT2D eigenvalue weighted by atomic mass is 9.83. The van der Waals surface area contributed by atoms with E-state index in [4.69, 9.17) is 4.74 Å². The summed E-state index contributed by atoms with van der Waals surface area (Å²) in [6, 6.07) is 12.4. The molecular formula is C27H31N3O5. The zero-order valence-electron chi connectivity index (χ0n) is 20.5. The number of hydrogen-bond donors (Lipinski definition) is 0. The number of para-hydroxylation sites is 1. The second-order valence-electron chi connectivity index (χ2n) is 9.64. The van der Waals surface area contributed by atoms with Crippen molar-refractivity contribution < 1.29 is 19.2 Å². The van der Waals surface area contributed by atoms with Gasteiger partial charge in [0.15, 0.2) is 12.4 Å². The number of nitro benzene ring substituents is 1. The lowest BCUT2D eigenvalue weighted by molar-refractivity contribution is -0.384. The lowest BCUT2D eigenvalue weighted by Gasteiger charge is -2.24. The molecule has 4 rings (SSSR count). The number of rotatable bonds is 6. The van der Waals surface area contributed by atoms with Crippen LogP contribution in [0.2, 0.25) is 0 Å². The van der Waals surface area contributed by atoms with Crippen LogP contribution >= 0.6 is 0 Å². The van der Waals surface area contributed by atoms with Gasteiger partial charge in [0.2, 0.25) is 0 Å². The molecule has 2 aliphatic heterocycles. The molecule has 8 nitrogen and oxygen atoms in total. The van der Waals surface area contributed by atoms with E-state index in [0.29, 0.717) is 5.69 Å². The molecule has 0 amide bonds. The summed E-state index contributed by atoms with van der Waals surface area (Å²) in [7, 11) is 1.91. The van der Waals surface area contributed by atoms with Gasteiger partial charge >= 0.3 is 5.97 Å². The van der Waals surface area contributed by atoms with Gasteiger partial charge in [0, 0.05) is 49.1 Å².